The summed E-state index contributed by atoms with van der Waals surface area (Å²) in [5.41, 5.74) is 4.99. The van der Waals surface area contributed by atoms with Gasteiger partial charge in [-0.3, -0.25) is 4.79 Å². The van der Waals surface area contributed by atoms with Crippen molar-refractivity contribution in [2.45, 2.75) is 12.5 Å². The summed E-state index contributed by atoms with van der Waals surface area (Å²) in [7, 11) is 0. The van der Waals surface area contributed by atoms with Gasteiger partial charge in [-0.2, -0.15) is 0 Å². The lowest BCUT2D eigenvalue weighted by atomic mass is 10.2. The molecule has 5 N–H and O–H groups in total. The first-order valence-electron chi connectivity index (χ1n) is 5.33. The van der Waals surface area contributed by atoms with E-state index in [-0.39, 0.29) is 5.69 Å². The molecule has 0 saturated heterocycles. The van der Waals surface area contributed by atoms with Crippen LogP contribution in [0.3, 0.4) is 0 Å². The maximum Gasteiger partial charge on any atom is 0.326 e. The molecule has 108 valence electrons. The third-order valence-corrected chi connectivity index (χ3v) is 2.88. The second-order valence-corrected chi connectivity index (χ2v) is 4.64. The molecule has 0 aliphatic rings. The summed E-state index contributed by atoms with van der Waals surface area (Å²) in [6.45, 7) is 0. The lowest BCUT2D eigenvalue weighted by Gasteiger charge is -2.14. The fourth-order valence-electron chi connectivity index (χ4n) is 1.31. The van der Waals surface area contributed by atoms with Gasteiger partial charge >= 0.3 is 12.0 Å². The average Bonchev–Trinajstić information content (AvgIpc) is 2.32. The van der Waals surface area contributed by atoms with Gasteiger partial charge in [0.2, 0.25) is 5.91 Å². The topological polar surface area (TPSA) is 122 Å². The van der Waals surface area contributed by atoms with E-state index in [0.29, 0.717) is 4.47 Å². The third kappa shape index (κ3) is 4.84. The minimum Gasteiger partial charge on any atom is -0.480 e. The Bertz CT molecular complexity index is 552. The highest BCUT2D eigenvalue weighted by Crippen LogP contribution is 2.22. The molecular formula is C11H11BrFN3O4. The Labute approximate surface area is 121 Å². The van der Waals surface area contributed by atoms with Gasteiger partial charge in [0.25, 0.3) is 0 Å². The summed E-state index contributed by atoms with van der Waals surface area (Å²) in [4.78, 5) is 33.1. The van der Waals surface area contributed by atoms with Crippen LogP contribution in [0, 0.1) is 5.82 Å². The zero-order valence-electron chi connectivity index (χ0n) is 10.0. The molecule has 1 atom stereocenters. The molecule has 1 aromatic carbocycles. The monoisotopic (exact) mass is 347 g/mol. The number of amides is 3. The van der Waals surface area contributed by atoms with Gasteiger partial charge in [0.15, 0.2) is 0 Å². The van der Waals surface area contributed by atoms with E-state index in [1.54, 1.807) is 0 Å². The highest BCUT2D eigenvalue weighted by Gasteiger charge is 2.22. The Morgan fingerprint density at radius 1 is 1.40 bits per heavy atom. The Hall–Kier alpha value is -2.16. The molecule has 9 heteroatoms. The van der Waals surface area contributed by atoms with Crippen LogP contribution in [-0.2, 0) is 9.59 Å². The molecule has 0 aliphatic carbocycles. The van der Waals surface area contributed by atoms with E-state index in [1.165, 1.54) is 12.1 Å². The minimum atomic E-state index is -1.46. The molecule has 3 amide bonds. The highest BCUT2D eigenvalue weighted by atomic mass is 79.9. The van der Waals surface area contributed by atoms with Gasteiger partial charge in [-0.15, -0.1) is 0 Å². The number of urea groups is 1. The number of carboxylic acid groups (broad SMARTS) is 1. The van der Waals surface area contributed by atoms with Gasteiger partial charge < -0.3 is 21.5 Å². The first kappa shape index (κ1) is 15.9. The van der Waals surface area contributed by atoms with Crippen LogP contribution in [-0.4, -0.2) is 29.1 Å². The number of aliphatic carboxylic acids is 1. The van der Waals surface area contributed by atoms with Crippen molar-refractivity contribution in [3.05, 3.63) is 28.5 Å². The minimum absolute atomic E-state index is 0.116. The number of halogens is 2. The zero-order valence-corrected chi connectivity index (χ0v) is 11.6. The van der Waals surface area contributed by atoms with Crippen LogP contribution in [0.1, 0.15) is 6.42 Å². The second-order valence-electron chi connectivity index (χ2n) is 3.78. The number of carboxylic acids is 1. The lowest BCUT2D eigenvalue weighted by molar-refractivity contribution is -0.140. The van der Waals surface area contributed by atoms with Crippen molar-refractivity contribution in [2.75, 3.05) is 5.32 Å². The Morgan fingerprint density at radius 3 is 2.60 bits per heavy atom. The standard InChI is InChI=1S/C11H11BrFN3O4/c12-6-2-1-5(13)3-7(6)15-11(20)16-8(10(18)19)4-9(14)17/h1-3,8H,4H2,(H2,14,17)(H,18,19)(H2,15,16,20). The van der Waals surface area contributed by atoms with Crippen LogP contribution in [0.4, 0.5) is 14.9 Å². The van der Waals surface area contributed by atoms with Crippen molar-refractivity contribution in [2.24, 2.45) is 5.73 Å². The van der Waals surface area contributed by atoms with Gasteiger partial charge in [-0.05, 0) is 34.1 Å². The molecule has 20 heavy (non-hydrogen) atoms. The fraction of sp³-hybridized carbons (Fsp3) is 0.182. The van der Waals surface area contributed by atoms with E-state index in [0.717, 1.165) is 6.07 Å². The highest BCUT2D eigenvalue weighted by molar-refractivity contribution is 9.10. The fourth-order valence-corrected chi connectivity index (χ4v) is 1.66. The maximum absolute atomic E-state index is 13.0. The van der Waals surface area contributed by atoms with Crippen LogP contribution >= 0.6 is 15.9 Å². The number of carbonyl (C=O) groups is 3. The molecule has 1 aromatic rings. The first-order valence-corrected chi connectivity index (χ1v) is 6.12. The number of nitrogens with two attached hydrogens (primary N) is 1. The molecule has 0 spiro atoms. The van der Waals surface area contributed by atoms with Gasteiger partial charge in [0.05, 0.1) is 12.1 Å². The van der Waals surface area contributed by atoms with Gasteiger partial charge in [-0.25, -0.2) is 14.0 Å². The van der Waals surface area contributed by atoms with Crippen LogP contribution in [0.25, 0.3) is 0 Å². The Balaban J connectivity index is 2.72. The molecule has 1 rings (SSSR count). The van der Waals surface area contributed by atoms with E-state index in [2.05, 4.69) is 21.2 Å². The van der Waals surface area contributed by atoms with Crippen molar-refractivity contribution >= 4 is 39.5 Å². The molecule has 0 heterocycles. The maximum atomic E-state index is 13.0. The second kappa shape index (κ2) is 6.85. The molecule has 7 nitrogen and oxygen atoms in total. The number of rotatable bonds is 5. The van der Waals surface area contributed by atoms with Crippen molar-refractivity contribution in [3.8, 4) is 0 Å². The number of benzene rings is 1. The summed E-state index contributed by atoms with van der Waals surface area (Å²) in [6, 6.07) is 1.25. The van der Waals surface area contributed by atoms with Crippen molar-refractivity contribution in [3.63, 3.8) is 0 Å². The van der Waals surface area contributed by atoms with Crippen LogP contribution in [0.2, 0.25) is 0 Å². The number of anilines is 1. The molecular weight excluding hydrogens is 337 g/mol. The zero-order chi connectivity index (χ0) is 15.3. The number of hydrogen-bond acceptors (Lipinski definition) is 3. The predicted octanol–water partition coefficient (Wildman–Crippen LogP) is 1.04. The number of carbonyl (C=O) groups excluding carboxylic acids is 2. The molecule has 1 unspecified atom stereocenters. The summed E-state index contributed by atoms with van der Waals surface area (Å²) >= 11 is 3.09. The number of primary amides is 1. The smallest absolute Gasteiger partial charge is 0.326 e. The number of hydrogen-bond donors (Lipinski definition) is 4. The van der Waals surface area contributed by atoms with E-state index < -0.39 is 36.2 Å². The largest absolute Gasteiger partial charge is 0.480 e. The van der Waals surface area contributed by atoms with Gasteiger partial charge in [0, 0.05) is 4.47 Å². The third-order valence-electron chi connectivity index (χ3n) is 2.19. The summed E-state index contributed by atoms with van der Waals surface area (Å²) < 4.78 is 13.4. The average molecular weight is 348 g/mol. The summed E-state index contributed by atoms with van der Waals surface area (Å²) in [5.74, 6) is -2.85. The van der Waals surface area contributed by atoms with Gasteiger partial charge in [-0.1, -0.05) is 0 Å². The Morgan fingerprint density at radius 2 is 2.05 bits per heavy atom. The molecule has 0 aliphatic heterocycles. The summed E-state index contributed by atoms with van der Waals surface area (Å²) in [5, 5.41) is 13.1. The lowest BCUT2D eigenvalue weighted by Crippen LogP contribution is -2.45. The number of nitrogens with one attached hydrogen (secondary N) is 2. The van der Waals surface area contributed by atoms with Crippen LogP contribution in [0.5, 0.6) is 0 Å². The molecule has 0 aromatic heterocycles. The first-order chi connectivity index (χ1) is 9.29. The van der Waals surface area contributed by atoms with E-state index >= 15 is 0 Å². The van der Waals surface area contributed by atoms with Crippen molar-refractivity contribution in [1.29, 1.82) is 0 Å². The molecule has 0 fully saturated rings. The van der Waals surface area contributed by atoms with Crippen LogP contribution in [0.15, 0.2) is 22.7 Å². The SMILES string of the molecule is NC(=O)CC(NC(=O)Nc1cc(F)ccc1Br)C(=O)O. The molecule has 0 radical (unpaired) electrons. The normalized spacial score (nSPS) is 11.5. The van der Waals surface area contributed by atoms with E-state index in [9.17, 15) is 18.8 Å². The molecule has 0 bridgehead atoms. The Kier molecular flexibility index (Phi) is 5.44. The van der Waals surface area contributed by atoms with E-state index in [1.807, 2.05) is 5.32 Å². The predicted molar refractivity (Wildman–Crippen MR) is 71.5 cm³/mol. The molecule has 0 saturated carbocycles. The van der Waals surface area contributed by atoms with E-state index in [4.69, 9.17) is 10.8 Å². The van der Waals surface area contributed by atoms with Crippen molar-refractivity contribution in [1.82, 2.24) is 5.32 Å². The quantitative estimate of drug-likeness (QED) is 0.635. The van der Waals surface area contributed by atoms with Crippen molar-refractivity contribution < 1.29 is 23.9 Å². The van der Waals surface area contributed by atoms with Gasteiger partial charge in [0.1, 0.15) is 11.9 Å². The summed E-state index contributed by atoms with van der Waals surface area (Å²) in [6.07, 6.45) is -0.549. The van der Waals surface area contributed by atoms with Crippen LogP contribution < -0.4 is 16.4 Å².